The lowest BCUT2D eigenvalue weighted by Crippen LogP contribution is -2.25. The normalized spacial score (nSPS) is 17.2. The monoisotopic (exact) mass is 508 g/mol. The maximum Gasteiger partial charge on any atom is 0.158 e. The average Bonchev–Trinajstić information content (AvgIpc) is 2.86. The number of carbonyl (C=O) groups is 2. The van der Waals surface area contributed by atoms with Crippen LogP contribution in [0.1, 0.15) is 81.4 Å². The van der Waals surface area contributed by atoms with Gasteiger partial charge in [0, 0.05) is 36.1 Å². The van der Waals surface area contributed by atoms with Crippen molar-refractivity contribution in [3.05, 3.63) is 57.1 Å². The van der Waals surface area contributed by atoms with Crippen molar-refractivity contribution in [1.82, 2.24) is 10.3 Å². The van der Waals surface area contributed by atoms with Gasteiger partial charge in [-0.3, -0.25) is 4.79 Å². The number of pyridine rings is 1. The molecule has 0 saturated carbocycles. The summed E-state index contributed by atoms with van der Waals surface area (Å²) in [4.78, 5) is 29.6. The summed E-state index contributed by atoms with van der Waals surface area (Å²) >= 11 is 0. The third-order valence-corrected chi connectivity index (χ3v) is 7.55. The largest absolute Gasteiger partial charge is 0.380 e. The molecule has 1 aliphatic rings. The first-order valence-corrected chi connectivity index (χ1v) is 13.3. The lowest BCUT2D eigenvalue weighted by molar-refractivity contribution is -0.114. The van der Waals surface area contributed by atoms with Crippen molar-refractivity contribution in [2.75, 3.05) is 20.8 Å². The molecule has 0 amide bonds. The van der Waals surface area contributed by atoms with Crippen LogP contribution in [0, 0.1) is 24.6 Å². The van der Waals surface area contributed by atoms with E-state index in [9.17, 15) is 14.0 Å². The van der Waals surface area contributed by atoms with Crippen LogP contribution in [0.25, 0.3) is 16.5 Å². The van der Waals surface area contributed by atoms with Crippen LogP contribution in [0.3, 0.4) is 0 Å². The maximum atomic E-state index is 15.0. The van der Waals surface area contributed by atoms with Crippen molar-refractivity contribution >= 4 is 28.5 Å². The molecule has 0 saturated heterocycles. The van der Waals surface area contributed by atoms with E-state index in [1.807, 2.05) is 33.9 Å². The van der Waals surface area contributed by atoms with E-state index in [1.54, 1.807) is 13.2 Å². The molecule has 3 rings (SSSR count). The number of Topliss-reactive ketones (excluding diaryl/α,β-unsaturated/α-hetero) is 1. The van der Waals surface area contributed by atoms with Gasteiger partial charge in [-0.05, 0) is 92.8 Å². The van der Waals surface area contributed by atoms with Gasteiger partial charge in [0.15, 0.2) is 5.78 Å². The Kier molecular flexibility index (Phi) is 9.54. The molecule has 0 aliphatic heterocycles. The minimum Gasteiger partial charge on any atom is -0.380 e. The fourth-order valence-electron chi connectivity index (χ4n) is 5.64. The van der Waals surface area contributed by atoms with E-state index >= 15 is 0 Å². The van der Waals surface area contributed by atoms with E-state index in [0.29, 0.717) is 34.6 Å². The highest BCUT2D eigenvalue weighted by Crippen LogP contribution is 2.42. The number of nitrogens with one attached hydrogen (secondary N) is 1. The van der Waals surface area contributed by atoms with Crippen LogP contribution >= 0.6 is 0 Å². The van der Waals surface area contributed by atoms with Crippen molar-refractivity contribution in [1.29, 1.82) is 0 Å². The van der Waals surface area contributed by atoms with E-state index in [1.165, 1.54) is 12.5 Å². The number of benzene rings is 1. The van der Waals surface area contributed by atoms with Crippen LogP contribution in [0.2, 0.25) is 0 Å². The fourth-order valence-corrected chi connectivity index (χ4v) is 5.64. The Balaban J connectivity index is 2.43. The lowest BCUT2D eigenvalue weighted by atomic mass is 9.79. The molecule has 1 aromatic carbocycles. The van der Waals surface area contributed by atoms with Gasteiger partial charge in [0.2, 0.25) is 0 Å². The van der Waals surface area contributed by atoms with E-state index < -0.39 is 5.92 Å². The van der Waals surface area contributed by atoms with Crippen LogP contribution in [-0.2, 0) is 27.2 Å². The van der Waals surface area contributed by atoms with Crippen molar-refractivity contribution in [2.24, 2.45) is 11.8 Å². The molecule has 1 N–H and O–H groups in total. The highest BCUT2D eigenvalue weighted by molar-refractivity contribution is 5.96. The molecule has 0 spiro atoms. The lowest BCUT2D eigenvalue weighted by Gasteiger charge is -2.31. The van der Waals surface area contributed by atoms with Crippen molar-refractivity contribution < 1.29 is 18.7 Å². The van der Waals surface area contributed by atoms with Crippen LogP contribution < -0.4 is 5.32 Å². The number of ketones is 1. The molecule has 2 atom stereocenters. The van der Waals surface area contributed by atoms with Gasteiger partial charge in [-0.25, -0.2) is 9.37 Å². The van der Waals surface area contributed by atoms with Gasteiger partial charge in [0.1, 0.15) is 12.1 Å². The standard InChI is InChI=1S/C31H41FN2O3/c1-9-21(15-35)23(25(16-37-8)20(6)36)13-18(4)31-24(12-17(2)3)30-27(33-7)11-10-22-19(5)26(32)14-28(34-31)29(22)30/h13-15,17,21,27,33H,9-12,16H2,1-8H3/b18-13+,25-23+. The number of allylic oxidation sites excluding steroid dienone is 3. The number of aromatic nitrogens is 1. The first-order valence-electron chi connectivity index (χ1n) is 13.3. The van der Waals surface area contributed by atoms with E-state index in [0.717, 1.165) is 53.3 Å². The van der Waals surface area contributed by atoms with Crippen molar-refractivity contribution in [3.8, 4) is 0 Å². The number of aryl methyl sites for hydroxylation is 1. The molecule has 1 heterocycles. The predicted molar refractivity (Wildman–Crippen MR) is 148 cm³/mol. The number of ether oxygens (including phenoxy) is 1. The number of nitrogens with zero attached hydrogens (tertiary/aromatic N) is 1. The van der Waals surface area contributed by atoms with E-state index in [4.69, 9.17) is 9.72 Å². The van der Waals surface area contributed by atoms with E-state index in [2.05, 4.69) is 19.2 Å². The van der Waals surface area contributed by atoms with Crippen molar-refractivity contribution in [2.45, 2.75) is 73.3 Å². The Morgan fingerprint density at radius 3 is 2.57 bits per heavy atom. The highest BCUT2D eigenvalue weighted by Gasteiger charge is 2.29. The molecule has 6 heteroatoms. The number of halogens is 1. The Morgan fingerprint density at radius 1 is 1.32 bits per heavy atom. The van der Waals surface area contributed by atoms with Crippen LogP contribution in [0.15, 0.2) is 23.3 Å². The van der Waals surface area contributed by atoms with Crippen LogP contribution in [0.4, 0.5) is 4.39 Å². The molecule has 0 bridgehead atoms. The second kappa shape index (κ2) is 12.2. The number of hydrogen-bond donors (Lipinski definition) is 1. The first-order chi connectivity index (χ1) is 17.6. The van der Waals surface area contributed by atoms with Crippen molar-refractivity contribution in [3.63, 3.8) is 0 Å². The average molecular weight is 509 g/mol. The minimum atomic E-state index is -0.437. The summed E-state index contributed by atoms with van der Waals surface area (Å²) in [5, 5.41) is 4.55. The zero-order valence-electron chi connectivity index (χ0n) is 23.5. The molecule has 37 heavy (non-hydrogen) atoms. The summed E-state index contributed by atoms with van der Waals surface area (Å²) in [6.07, 6.45) is 5.88. The molecular formula is C31H41FN2O3. The molecule has 1 aromatic heterocycles. The quantitative estimate of drug-likeness (QED) is 0.221. The molecule has 2 unspecified atom stereocenters. The van der Waals surface area contributed by atoms with Gasteiger partial charge < -0.3 is 14.8 Å². The summed E-state index contributed by atoms with van der Waals surface area (Å²) in [5.41, 5.74) is 7.55. The second-order valence-corrected chi connectivity index (χ2v) is 10.6. The highest BCUT2D eigenvalue weighted by atomic mass is 19.1. The smallest absolute Gasteiger partial charge is 0.158 e. The summed E-state index contributed by atoms with van der Waals surface area (Å²) < 4.78 is 20.3. The molecule has 5 nitrogen and oxygen atoms in total. The SMILES string of the molecule is CCC(C=O)C(/C=C(\C)c1nc2cc(F)c(C)c3c2c(c1CC(C)C)C(NC)CC3)=C(\COC)C(C)=O. The molecule has 200 valence electrons. The van der Waals surface area contributed by atoms with Gasteiger partial charge in [0.05, 0.1) is 17.8 Å². The summed E-state index contributed by atoms with van der Waals surface area (Å²) in [7, 11) is 3.52. The third kappa shape index (κ3) is 5.75. The van der Waals surface area contributed by atoms with Crippen LogP contribution in [0.5, 0.6) is 0 Å². The van der Waals surface area contributed by atoms with E-state index in [-0.39, 0.29) is 24.2 Å². The number of methoxy groups -OCH3 is 1. The maximum absolute atomic E-state index is 15.0. The Bertz CT molecular complexity index is 1260. The molecule has 0 radical (unpaired) electrons. The Labute approximate surface area is 220 Å². The Morgan fingerprint density at radius 2 is 2.03 bits per heavy atom. The third-order valence-electron chi connectivity index (χ3n) is 7.55. The number of carbonyl (C=O) groups excluding carboxylic acids is 2. The topological polar surface area (TPSA) is 68.3 Å². The fraction of sp³-hybridized carbons (Fsp3) is 0.516. The zero-order valence-corrected chi connectivity index (χ0v) is 23.5. The summed E-state index contributed by atoms with van der Waals surface area (Å²) in [6.45, 7) is 11.8. The second-order valence-electron chi connectivity index (χ2n) is 10.6. The number of aldehydes is 1. The van der Waals surface area contributed by atoms with Gasteiger partial charge in [-0.2, -0.15) is 0 Å². The first kappa shape index (κ1) is 28.9. The van der Waals surface area contributed by atoms with Gasteiger partial charge in [-0.15, -0.1) is 0 Å². The summed E-state index contributed by atoms with van der Waals surface area (Å²) in [5.74, 6) is -0.420. The van der Waals surface area contributed by atoms with Crippen LogP contribution in [-0.4, -0.2) is 37.8 Å². The van der Waals surface area contributed by atoms with Gasteiger partial charge in [-0.1, -0.05) is 26.8 Å². The van der Waals surface area contributed by atoms with Gasteiger partial charge >= 0.3 is 0 Å². The number of rotatable bonds is 11. The molecule has 0 fully saturated rings. The molecule has 2 aromatic rings. The zero-order chi connectivity index (χ0) is 27.4. The molecule has 1 aliphatic carbocycles. The number of hydrogen-bond acceptors (Lipinski definition) is 5. The Hall–Kier alpha value is -2.70. The van der Waals surface area contributed by atoms with Gasteiger partial charge in [0.25, 0.3) is 0 Å². The molecular weight excluding hydrogens is 467 g/mol. The predicted octanol–water partition coefficient (Wildman–Crippen LogP) is 6.25. The minimum absolute atomic E-state index is 0.123. The summed E-state index contributed by atoms with van der Waals surface area (Å²) in [6, 6.07) is 1.69.